The van der Waals surface area contributed by atoms with Crippen LogP contribution < -0.4 is 0 Å². The first-order chi connectivity index (χ1) is 8.59. The Labute approximate surface area is 124 Å². The molecule has 1 heterocycles. The molecule has 1 N–H and O–H groups in total. The first-order valence-electron chi connectivity index (χ1n) is 5.98. The fourth-order valence-electron chi connectivity index (χ4n) is 2.22. The maximum Gasteiger partial charge on any atom is 0.148 e. The summed E-state index contributed by atoms with van der Waals surface area (Å²) in [6, 6.07) is 3.29. The third kappa shape index (κ3) is 3.41. The molecule has 1 nitrogen and oxygen atoms in total. The SMILES string of the molecule is OC(CC1CCSCC1)c1ccc(Br)c(Cl)c1F. The predicted octanol–water partition coefficient (Wildman–Crippen LogP) is 4.81. The van der Waals surface area contributed by atoms with Crippen LogP contribution >= 0.6 is 39.3 Å². The number of aliphatic hydroxyl groups is 1. The Morgan fingerprint density at radius 2 is 2.11 bits per heavy atom. The van der Waals surface area contributed by atoms with E-state index in [2.05, 4.69) is 15.9 Å². The summed E-state index contributed by atoms with van der Waals surface area (Å²) in [5.41, 5.74) is 0.307. The highest BCUT2D eigenvalue weighted by Crippen LogP contribution is 2.35. The van der Waals surface area contributed by atoms with Gasteiger partial charge in [0.1, 0.15) is 5.82 Å². The summed E-state index contributed by atoms with van der Waals surface area (Å²) in [5, 5.41) is 10.2. The average Bonchev–Trinajstić information content (AvgIpc) is 2.37. The van der Waals surface area contributed by atoms with Crippen molar-refractivity contribution in [2.45, 2.75) is 25.4 Å². The lowest BCUT2D eigenvalue weighted by molar-refractivity contribution is 0.137. The summed E-state index contributed by atoms with van der Waals surface area (Å²) in [4.78, 5) is 0. The molecule has 1 aromatic carbocycles. The van der Waals surface area contributed by atoms with Gasteiger partial charge in [-0.25, -0.2) is 4.39 Å². The Morgan fingerprint density at radius 1 is 1.44 bits per heavy atom. The second-order valence-corrected chi connectivity index (χ2v) is 7.03. The van der Waals surface area contributed by atoms with Crippen LogP contribution in [0.5, 0.6) is 0 Å². The van der Waals surface area contributed by atoms with Gasteiger partial charge in [0, 0.05) is 10.0 Å². The van der Waals surface area contributed by atoms with Crippen LogP contribution in [-0.2, 0) is 0 Å². The van der Waals surface area contributed by atoms with E-state index in [4.69, 9.17) is 11.6 Å². The second kappa shape index (κ2) is 6.60. The molecule has 1 atom stereocenters. The zero-order chi connectivity index (χ0) is 13.1. The molecule has 18 heavy (non-hydrogen) atoms. The highest BCUT2D eigenvalue weighted by Gasteiger charge is 2.22. The molecule has 1 aliphatic rings. The van der Waals surface area contributed by atoms with Crippen molar-refractivity contribution >= 4 is 39.3 Å². The van der Waals surface area contributed by atoms with Crippen molar-refractivity contribution < 1.29 is 9.50 Å². The molecular weight excluding hydrogens is 339 g/mol. The van der Waals surface area contributed by atoms with E-state index in [0.29, 0.717) is 22.4 Å². The minimum atomic E-state index is -0.760. The molecule has 0 spiro atoms. The second-order valence-electron chi connectivity index (χ2n) is 4.57. The number of hydrogen-bond donors (Lipinski definition) is 1. The third-order valence-corrected chi connectivity index (χ3v) is 5.63. The molecule has 1 aromatic rings. The number of aliphatic hydroxyl groups excluding tert-OH is 1. The fourth-order valence-corrected chi connectivity index (χ4v) is 3.91. The molecule has 0 aromatic heterocycles. The van der Waals surface area contributed by atoms with Crippen molar-refractivity contribution in [3.63, 3.8) is 0 Å². The van der Waals surface area contributed by atoms with E-state index in [1.54, 1.807) is 12.1 Å². The first kappa shape index (κ1) is 14.6. The van der Waals surface area contributed by atoms with Gasteiger partial charge in [0.2, 0.25) is 0 Å². The van der Waals surface area contributed by atoms with Crippen molar-refractivity contribution in [3.8, 4) is 0 Å². The molecule has 1 aliphatic heterocycles. The lowest BCUT2D eigenvalue weighted by Gasteiger charge is -2.24. The lowest BCUT2D eigenvalue weighted by Crippen LogP contribution is -2.14. The van der Waals surface area contributed by atoms with Gasteiger partial charge in [-0.15, -0.1) is 0 Å². The van der Waals surface area contributed by atoms with Gasteiger partial charge in [-0.1, -0.05) is 17.7 Å². The standard InChI is InChI=1S/C13H15BrClFOS/c14-10-2-1-9(13(16)12(10)15)11(17)7-8-3-5-18-6-4-8/h1-2,8,11,17H,3-7H2. The summed E-state index contributed by atoms with van der Waals surface area (Å²) in [5.74, 6) is 2.26. The molecule has 0 radical (unpaired) electrons. The normalized spacial score (nSPS) is 18.9. The largest absolute Gasteiger partial charge is 0.388 e. The van der Waals surface area contributed by atoms with Gasteiger partial charge in [0.05, 0.1) is 11.1 Å². The van der Waals surface area contributed by atoms with Crippen molar-refractivity contribution in [2.75, 3.05) is 11.5 Å². The smallest absolute Gasteiger partial charge is 0.148 e. The van der Waals surface area contributed by atoms with Gasteiger partial charge in [-0.2, -0.15) is 11.8 Å². The summed E-state index contributed by atoms with van der Waals surface area (Å²) >= 11 is 11.0. The molecule has 1 saturated heterocycles. The molecule has 0 bridgehead atoms. The van der Waals surface area contributed by atoms with Crippen LogP contribution in [0.3, 0.4) is 0 Å². The maximum atomic E-state index is 13.9. The van der Waals surface area contributed by atoms with E-state index in [1.807, 2.05) is 11.8 Å². The first-order valence-corrected chi connectivity index (χ1v) is 8.31. The van der Waals surface area contributed by atoms with E-state index in [-0.39, 0.29) is 5.02 Å². The summed E-state index contributed by atoms with van der Waals surface area (Å²) in [7, 11) is 0. The Kier molecular flexibility index (Phi) is 5.36. The zero-order valence-electron chi connectivity index (χ0n) is 9.83. The molecule has 0 saturated carbocycles. The quantitative estimate of drug-likeness (QED) is 0.787. The Bertz CT molecular complexity index is 424. The topological polar surface area (TPSA) is 20.2 Å². The van der Waals surface area contributed by atoms with Gasteiger partial charge in [0.25, 0.3) is 0 Å². The summed E-state index contributed by atoms with van der Waals surface area (Å²) in [6.45, 7) is 0. The molecule has 1 unspecified atom stereocenters. The van der Waals surface area contributed by atoms with E-state index in [1.165, 1.54) is 0 Å². The highest BCUT2D eigenvalue weighted by molar-refractivity contribution is 9.10. The van der Waals surface area contributed by atoms with Crippen LogP contribution in [0.2, 0.25) is 5.02 Å². The number of rotatable bonds is 3. The fraction of sp³-hybridized carbons (Fsp3) is 0.538. The predicted molar refractivity (Wildman–Crippen MR) is 78.7 cm³/mol. The highest BCUT2D eigenvalue weighted by atomic mass is 79.9. The molecule has 5 heteroatoms. The molecule has 0 aliphatic carbocycles. The van der Waals surface area contributed by atoms with Crippen molar-refractivity contribution in [1.82, 2.24) is 0 Å². The van der Waals surface area contributed by atoms with Gasteiger partial charge in [-0.3, -0.25) is 0 Å². The zero-order valence-corrected chi connectivity index (χ0v) is 13.0. The van der Waals surface area contributed by atoms with Crippen LogP contribution in [0, 0.1) is 11.7 Å². The minimum absolute atomic E-state index is 0.0470. The van der Waals surface area contributed by atoms with Crippen LogP contribution in [0.4, 0.5) is 4.39 Å². The van der Waals surface area contributed by atoms with Crippen LogP contribution in [0.1, 0.15) is 30.9 Å². The van der Waals surface area contributed by atoms with E-state index in [0.717, 1.165) is 24.3 Å². The number of hydrogen-bond acceptors (Lipinski definition) is 2. The number of benzene rings is 1. The molecule has 0 amide bonds. The van der Waals surface area contributed by atoms with Gasteiger partial charge in [0.15, 0.2) is 0 Å². The van der Waals surface area contributed by atoms with Crippen molar-refractivity contribution in [1.29, 1.82) is 0 Å². The number of thioether (sulfide) groups is 1. The molecule has 1 fully saturated rings. The van der Waals surface area contributed by atoms with Crippen LogP contribution in [0.25, 0.3) is 0 Å². The Morgan fingerprint density at radius 3 is 2.78 bits per heavy atom. The molecular formula is C13H15BrClFOS. The third-order valence-electron chi connectivity index (χ3n) is 3.32. The van der Waals surface area contributed by atoms with Crippen molar-refractivity contribution in [2.24, 2.45) is 5.92 Å². The minimum Gasteiger partial charge on any atom is -0.388 e. The molecule has 100 valence electrons. The number of halogens is 3. The average molecular weight is 354 g/mol. The van der Waals surface area contributed by atoms with Gasteiger partial charge in [-0.05, 0) is 58.7 Å². The Balaban J connectivity index is 2.08. The summed E-state index contributed by atoms with van der Waals surface area (Å²) in [6.07, 6.45) is 2.07. The van der Waals surface area contributed by atoms with Crippen molar-refractivity contribution in [3.05, 3.63) is 33.0 Å². The maximum absolute atomic E-state index is 13.9. The van der Waals surface area contributed by atoms with E-state index >= 15 is 0 Å². The van der Waals surface area contributed by atoms with Crippen LogP contribution in [-0.4, -0.2) is 16.6 Å². The Hall–Kier alpha value is 0.230. The van der Waals surface area contributed by atoms with E-state index < -0.39 is 11.9 Å². The lowest BCUT2D eigenvalue weighted by atomic mass is 9.92. The van der Waals surface area contributed by atoms with Gasteiger partial charge >= 0.3 is 0 Å². The monoisotopic (exact) mass is 352 g/mol. The summed E-state index contributed by atoms with van der Waals surface area (Å²) < 4.78 is 14.5. The van der Waals surface area contributed by atoms with Gasteiger partial charge < -0.3 is 5.11 Å². The van der Waals surface area contributed by atoms with Crippen LogP contribution in [0.15, 0.2) is 16.6 Å². The molecule has 2 rings (SSSR count). The van der Waals surface area contributed by atoms with E-state index in [9.17, 15) is 9.50 Å².